The quantitative estimate of drug-likeness (QED) is 0.838. The highest BCUT2D eigenvalue weighted by Gasteiger charge is 2.09. The van der Waals surface area contributed by atoms with Crippen LogP contribution in [0.2, 0.25) is 5.02 Å². The maximum atomic E-state index is 6.06. The first-order valence-electron chi connectivity index (χ1n) is 7.15. The van der Waals surface area contributed by atoms with Crippen LogP contribution in [-0.2, 0) is 0 Å². The number of rotatable bonds is 5. The summed E-state index contributed by atoms with van der Waals surface area (Å²) in [5.74, 6) is 2.69. The van der Waals surface area contributed by atoms with E-state index in [1.54, 1.807) is 0 Å². The summed E-state index contributed by atoms with van der Waals surface area (Å²) in [7, 11) is 0. The monoisotopic (exact) mass is 304 g/mol. The minimum atomic E-state index is 0.268. The molecule has 0 unspecified atom stereocenters. The van der Waals surface area contributed by atoms with Gasteiger partial charge in [0, 0.05) is 29.2 Å². The van der Waals surface area contributed by atoms with Crippen LogP contribution in [0.5, 0.6) is 0 Å². The summed E-state index contributed by atoms with van der Waals surface area (Å²) >= 11 is 6.06. The first-order valence-corrected chi connectivity index (χ1v) is 7.53. The number of hydrogen-bond acceptors (Lipinski definition) is 4. The van der Waals surface area contributed by atoms with Gasteiger partial charge in [-0.1, -0.05) is 31.5 Å². The molecule has 0 fully saturated rings. The van der Waals surface area contributed by atoms with Crippen molar-refractivity contribution in [2.45, 2.75) is 33.6 Å². The molecule has 0 aliphatic rings. The minimum Gasteiger partial charge on any atom is -0.370 e. The van der Waals surface area contributed by atoms with Crippen molar-refractivity contribution in [2.75, 3.05) is 17.2 Å². The van der Waals surface area contributed by atoms with Gasteiger partial charge in [-0.05, 0) is 31.5 Å². The Bertz CT molecular complexity index is 626. The lowest BCUT2D eigenvalue weighted by molar-refractivity contribution is 0.777. The van der Waals surface area contributed by atoms with Crippen molar-refractivity contribution in [3.63, 3.8) is 0 Å². The van der Waals surface area contributed by atoms with E-state index in [-0.39, 0.29) is 5.92 Å². The highest BCUT2D eigenvalue weighted by atomic mass is 35.5. The molecule has 0 saturated carbocycles. The molecule has 1 aromatic heterocycles. The topological polar surface area (TPSA) is 49.8 Å². The molecule has 0 amide bonds. The van der Waals surface area contributed by atoms with Crippen molar-refractivity contribution < 1.29 is 0 Å². The second kappa shape index (κ2) is 6.76. The van der Waals surface area contributed by atoms with Crippen LogP contribution in [0.3, 0.4) is 0 Å². The number of hydrogen-bond donors (Lipinski definition) is 2. The lowest BCUT2D eigenvalue weighted by Crippen LogP contribution is -2.07. The lowest BCUT2D eigenvalue weighted by Gasteiger charge is -2.13. The van der Waals surface area contributed by atoms with Crippen LogP contribution < -0.4 is 10.6 Å². The molecule has 5 heteroatoms. The van der Waals surface area contributed by atoms with E-state index in [4.69, 9.17) is 11.6 Å². The van der Waals surface area contributed by atoms with Gasteiger partial charge in [-0.25, -0.2) is 9.97 Å². The molecule has 0 saturated heterocycles. The number of halogens is 1. The van der Waals surface area contributed by atoms with E-state index >= 15 is 0 Å². The van der Waals surface area contributed by atoms with Gasteiger partial charge in [0.15, 0.2) is 0 Å². The fraction of sp³-hybridized carbons (Fsp3) is 0.375. The minimum absolute atomic E-state index is 0.268. The van der Waals surface area contributed by atoms with Crippen molar-refractivity contribution in [2.24, 2.45) is 0 Å². The number of benzene rings is 1. The third-order valence-corrected chi connectivity index (χ3v) is 3.32. The van der Waals surface area contributed by atoms with Crippen molar-refractivity contribution in [3.05, 3.63) is 40.7 Å². The van der Waals surface area contributed by atoms with Crippen LogP contribution in [0.15, 0.2) is 24.3 Å². The molecule has 4 nitrogen and oxygen atoms in total. The Morgan fingerprint density at radius 1 is 1.14 bits per heavy atom. The number of aryl methyl sites for hydroxylation is 1. The normalized spacial score (nSPS) is 10.8. The molecular formula is C16H21ClN4. The van der Waals surface area contributed by atoms with Gasteiger partial charge in [0.05, 0.1) is 0 Å². The van der Waals surface area contributed by atoms with Crippen LogP contribution in [-0.4, -0.2) is 16.5 Å². The fourth-order valence-electron chi connectivity index (χ4n) is 1.93. The van der Waals surface area contributed by atoms with Gasteiger partial charge in [0.1, 0.15) is 17.5 Å². The number of aromatic nitrogens is 2. The van der Waals surface area contributed by atoms with Gasteiger partial charge < -0.3 is 10.6 Å². The molecule has 0 bridgehead atoms. The number of anilines is 3. The van der Waals surface area contributed by atoms with E-state index in [0.717, 1.165) is 35.3 Å². The average Bonchev–Trinajstić information content (AvgIpc) is 2.43. The maximum Gasteiger partial charge on any atom is 0.136 e. The van der Waals surface area contributed by atoms with Crippen LogP contribution in [0.25, 0.3) is 0 Å². The standard InChI is InChI=1S/C16H21ClN4/c1-5-18-14-9-15(21-16(20-14)10(2)3)19-13-8-12(17)7-6-11(13)4/h6-10H,5H2,1-4H3,(H2,18,19,20,21). The van der Waals surface area contributed by atoms with E-state index in [1.165, 1.54) is 0 Å². The molecule has 0 aliphatic heterocycles. The first-order chi connectivity index (χ1) is 9.99. The van der Waals surface area contributed by atoms with Gasteiger partial charge >= 0.3 is 0 Å². The Hall–Kier alpha value is -1.81. The van der Waals surface area contributed by atoms with Gasteiger partial charge in [-0.15, -0.1) is 0 Å². The van der Waals surface area contributed by atoms with E-state index in [9.17, 15) is 0 Å². The molecule has 0 spiro atoms. The zero-order valence-electron chi connectivity index (χ0n) is 12.9. The maximum absolute atomic E-state index is 6.06. The summed E-state index contributed by atoms with van der Waals surface area (Å²) < 4.78 is 0. The zero-order chi connectivity index (χ0) is 15.4. The summed E-state index contributed by atoms with van der Waals surface area (Å²) in [5, 5.41) is 7.27. The second-order valence-corrected chi connectivity index (χ2v) is 5.70. The van der Waals surface area contributed by atoms with Gasteiger partial charge in [-0.3, -0.25) is 0 Å². The average molecular weight is 305 g/mol. The highest BCUT2D eigenvalue weighted by Crippen LogP contribution is 2.25. The molecule has 0 radical (unpaired) electrons. The molecule has 0 aliphatic carbocycles. The number of nitrogens with zero attached hydrogens (tertiary/aromatic N) is 2. The summed E-state index contributed by atoms with van der Waals surface area (Å²) in [6.45, 7) is 9.07. The van der Waals surface area contributed by atoms with Crippen molar-refractivity contribution in [3.8, 4) is 0 Å². The lowest BCUT2D eigenvalue weighted by atomic mass is 10.2. The van der Waals surface area contributed by atoms with E-state index < -0.39 is 0 Å². The van der Waals surface area contributed by atoms with Crippen molar-refractivity contribution >= 4 is 28.9 Å². The van der Waals surface area contributed by atoms with Crippen molar-refractivity contribution in [1.29, 1.82) is 0 Å². The molecule has 1 aromatic carbocycles. The molecule has 1 heterocycles. The van der Waals surface area contributed by atoms with Crippen LogP contribution >= 0.6 is 11.6 Å². The molecular weight excluding hydrogens is 284 g/mol. The zero-order valence-corrected chi connectivity index (χ0v) is 13.6. The summed E-state index contributed by atoms with van der Waals surface area (Å²) in [6.07, 6.45) is 0. The Kier molecular flexibility index (Phi) is 5.02. The largest absolute Gasteiger partial charge is 0.370 e. The molecule has 2 aromatic rings. The van der Waals surface area contributed by atoms with E-state index in [0.29, 0.717) is 5.02 Å². The molecule has 2 N–H and O–H groups in total. The fourth-order valence-corrected chi connectivity index (χ4v) is 2.10. The SMILES string of the molecule is CCNc1cc(Nc2cc(Cl)ccc2C)nc(C(C)C)n1. The van der Waals surface area contributed by atoms with Gasteiger partial charge in [0.25, 0.3) is 0 Å². The first kappa shape index (κ1) is 15.6. The Morgan fingerprint density at radius 2 is 1.86 bits per heavy atom. The van der Waals surface area contributed by atoms with Crippen molar-refractivity contribution in [1.82, 2.24) is 9.97 Å². The van der Waals surface area contributed by atoms with E-state index in [2.05, 4.69) is 34.4 Å². The molecule has 112 valence electrons. The predicted molar refractivity (Wildman–Crippen MR) is 89.8 cm³/mol. The third-order valence-electron chi connectivity index (χ3n) is 3.08. The van der Waals surface area contributed by atoms with Crippen LogP contribution in [0.4, 0.5) is 17.3 Å². The summed E-state index contributed by atoms with van der Waals surface area (Å²) in [4.78, 5) is 9.09. The third kappa shape index (κ3) is 4.08. The van der Waals surface area contributed by atoms with Gasteiger partial charge in [0.2, 0.25) is 0 Å². The van der Waals surface area contributed by atoms with E-state index in [1.807, 2.05) is 38.1 Å². The Balaban J connectivity index is 2.36. The van der Waals surface area contributed by atoms with Crippen LogP contribution in [0.1, 0.15) is 38.1 Å². The van der Waals surface area contributed by atoms with Gasteiger partial charge in [-0.2, -0.15) is 0 Å². The molecule has 0 atom stereocenters. The molecule has 21 heavy (non-hydrogen) atoms. The highest BCUT2D eigenvalue weighted by molar-refractivity contribution is 6.30. The number of nitrogens with one attached hydrogen (secondary N) is 2. The Morgan fingerprint density at radius 3 is 2.52 bits per heavy atom. The van der Waals surface area contributed by atoms with Crippen LogP contribution in [0, 0.1) is 6.92 Å². The second-order valence-electron chi connectivity index (χ2n) is 5.27. The summed E-state index contributed by atoms with van der Waals surface area (Å²) in [5.41, 5.74) is 2.08. The predicted octanol–water partition coefficient (Wildman–Crippen LogP) is 4.74. The smallest absolute Gasteiger partial charge is 0.136 e. The summed E-state index contributed by atoms with van der Waals surface area (Å²) in [6, 6.07) is 7.68. The Labute approximate surface area is 131 Å². The molecule has 2 rings (SSSR count).